The van der Waals surface area contributed by atoms with Gasteiger partial charge in [0.1, 0.15) is 5.82 Å². The van der Waals surface area contributed by atoms with Gasteiger partial charge in [0.15, 0.2) is 0 Å². The maximum Gasteiger partial charge on any atom is 0.338 e. The molecular formula is C32H34FNO2. The number of carbonyl (C=O) groups is 1. The molecule has 2 N–H and O–H groups in total. The molecule has 0 bridgehead atoms. The number of aromatic carboxylic acids is 1. The minimum atomic E-state index is -1.25. The van der Waals surface area contributed by atoms with Crippen molar-refractivity contribution in [1.82, 2.24) is 0 Å². The largest absolute Gasteiger partial charge is 0.478 e. The summed E-state index contributed by atoms with van der Waals surface area (Å²) in [5.74, 6) is 5.06. The molecule has 0 spiro atoms. The molecule has 3 aromatic carbocycles. The van der Waals surface area contributed by atoms with Crippen LogP contribution in [0.15, 0.2) is 66.7 Å². The van der Waals surface area contributed by atoms with E-state index in [1.807, 2.05) is 0 Å². The Bertz CT molecular complexity index is 1220. The molecule has 0 aliphatic heterocycles. The highest BCUT2D eigenvalue weighted by Gasteiger charge is 2.25. The summed E-state index contributed by atoms with van der Waals surface area (Å²) in [6, 6.07) is 21.3. The van der Waals surface area contributed by atoms with Crippen LogP contribution in [0.5, 0.6) is 0 Å². The predicted molar refractivity (Wildman–Crippen MR) is 144 cm³/mol. The van der Waals surface area contributed by atoms with Crippen molar-refractivity contribution in [3.8, 4) is 11.8 Å². The summed E-state index contributed by atoms with van der Waals surface area (Å²) >= 11 is 0. The van der Waals surface area contributed by atoms with E-state index in [1.165, 1.54) is 48.9 Å². The van der Waals surface area contributed by atoms with Gasteiger partial charge in [-0.3, -0.25) is 0 Å². The van der Waals surface area contributed by atoms with E-state index in [1.54, 1.807) is 6.07 Å². The lowest BCUT2D eigenvalue weighted by Crippen LogP contribution is -2.30. The number of nitrogens with one attached hydrogen (secondary N) is 1. The molecule has 4 heteroatoms. The van der Waals surface area contributed by atoms with Gasteiger partial charge in [0.2, 0.25) is 0 Å². The quantitative estimate of drug-likeness (QED) is 0.310. The molecule has 4 rings (SSSR count). The van der Waals surface area contributed by atoms with Crippen LogP contribution >= 0.6 is 0 Å². The van der Waals surface area contributed by atoms with Gasteiger partial charge in [-0.1, -0.05) is 62.3 Å². The summed E-state index contributed by atoms with van der Waals surface area (Å²) in [6.45, 7) is 2.21. The fourth-order valence-corrected chi connectivity index (χ4v) is 4.95. The number of carboxylic acids is 1. The molecule has 0 heterocycles. The number of hydrogen-bond acceptors (Lipinski definition) is 2. The van der Waals surface area contributed by atoms with Gasteiger partial charge in [0.25, 0.3) is 0 Å². The monoisotopic (exact) mass is 483 g/mol. The first-order valence-electron chi connectivity index (χ1n) is 13.0. The van der Waals surface area contributed by atoms with Crippen molar-refractivity contribution in [3.05, 3.63) is 100 Å². The number of halogens is 1. The van der Waals surface area contributed by atoms with Gasteiger partial charge < -0.3 is 10.4 Å². The number of unbranched alkanes of at least 4 members (excludes halogenated alkanes) is 1. The van der Waals surface area contributed by atoms with E-state index < -0.39 is 11.8 Å². The third-order valence-corrected chi connectivity index (χ3v) is 7.05. The number of carboxylic acid groups (broad SMARTS) is 1. The van der Waals surface area contributed by atoms with E-state index in [0.29, 0.717) is 11.6 Å². The van der Waals surface area contributed by atoms with Crippen LogP contribution in [0.1, 0.15) is 78.1 Å². The fourth-order valence-electron chi connectivity index (χ4n) is 4.95. The van der Waals surface area contributed by atoms with Gasteiger partial charge in [0, 0.05) is 22.9 Å². The van der Waals surface area contributed by atoms with Crippen LogP contribution in [0.3, 0.4) is 0 Å². The highest BCUT2D eigenvalue weighted by molar-refractivity contribution is 5.89. The molecule has 1 saturated carbocycles. The zero-order valence-corrected chi connectivity index (χ0v) is 20.9. The third kappa shape index (κ3) is 6.98. The summed E-state index contributed by atoms with van der Waals surface area (Å²) in [4.78, 5) is 11.4. The molecule has 0 radical (unpaired) electrons. The van der Waals surface area contributed by atoms with E-state index in [9.17, 15) is 14.3 Å². The molecule has 186 valence electrons. The Hall–Kier alpha value is -3.58. The molecule has 1 aliphatic carbocycles. The van der Waals surface area contributed by atoms with E-state index in [2.05, 4.69) is 72.6 Å². The summed E-state index contributed by atoms with van der Waals surface area (Å²) in [5.41, 5.74) is 4.90. The second kappa shape index (κ2) is 12.4. The smallest absolute Gasteiger partial charge is 0.338 e. The van der Waals surface area contributed by atoms with E-state index in [-0.39, 0.29) is 11.6 Å². The second-order valence-corrected chi connectivity index (χ2v) is 9.75. The molecule has 3 aromatic rings. The Morgan fingerprint density at radius 1 is 0.972 bits per heavy atom. The SMILES string of the molecule is CCCCc1ccc(C#Cc2ccc(CC(Nc3ccc(F)c(C(=O)O)c3)C3CCCC3)cc2)cc1. The summed E-state index contributed by atoms with van der Waals surface area (Å²) < 4.78 is 13.9. The summed E-state index contributed by atoms with van der Waals surface area (Å²) in [6.07, 6.45) is 9.05. The molecular weight excluding hydrogens is 449 g/mol. The van der Waals surface area contributed by atoms with Gasteiger partial charge in [-0.25, -0.2) is 9.18 Å². The van der Waals surface area contributed by atoms with Crippen molar-refractivity contribution >= 4 is 11.7 Å². The molecule has 1 fully saturated rings. The Morgan fingerprint density at radius 2 is 1.58 bits per heavy atom. The Labute approximate surface area is 213 Å². The molecule has 1 unspecified atom stereocenters. The molecule has 0 amide bonds. The molecule has 0 aromatic heterocycles. The zero-order chi connectivity index (χ0) is 25.3. The Kier molecular flexibility index (Phi) is 8.79. The van der Waals surface area contributed by atoms with Gasteiger partial charge in [-0.2, -0.15) is 0 Å². The first-order chi connectivity index (χ1) is 17.5. The van der Waals surface area contributed by atoms with Crippen molar-refractivity contribution in [2.24, 2.45) is 5.92 Å². The van der Waals surface area contributed by atoms with Crippen molar-refractivity contribution < 1.29 is 14.3 Å². The molecule has 3 nitrogen and oxygen atoms in total. The second-order valence-electron chi connectivity index (χ2n) is 9.75. The lowest BCUT2D eigenvalue weighted by atomic mass is 9.91. The number of anilines is 1. The first kappa shape index (κ1) is 25.5. The average molecular weight is 484 g/mol. The van der Waals surface area contributed by atoms with Crippen LogP contribution in [-0.2, 0) is 12.8 Å². The van der Waals surface area contributed by atoms with Crippen LogP contribution in [0, 0.1) is 23.6 Å². The lowest BCUT2D eigenvalue weighted by molar-refractivity contribution is 0.0692. The van der Waals surface area contributed by atoms with Crippen molar-refractivity contribution in [2.45, 2.75) is 64.3 Å². The minimum absolute atomic E-state index is 0.155. The predicted octanol–water partition coefficient (Wildman–Crippen LogP) is 7.48. The number of hydrogen-bond donors (Lipinski definition) is 2. The van der Waals surface area contributed by atoms with Gasteiger partial charge in [-0.05, 0) is 91.6 Å². The maximum absolute atomic E-state index is 13.9. The average Bonchev–Trinajstić information content (AvgIpc) is 3.43. The molecule has 1 aliphatic rings. The molecule has 0 saturated heterocycles. The first-order valence-corrected chi connectivity index (χ1v) is 13.0. The minimum Gasteiger partial charge on any atom is -0.478 e. The highest BCUT2D eigenvalue weighted by atomic mass is 19.1. The van der Waals surface area contributed by atoms with Crippen molar-refractivity contribution in [1.29, 1.82) is 0 Å². The van der Waals surface area contributed by atoms with Gasteiger partial charge in [-0.15, -0.1) is 0 Å². The normalized spacial score (nSPS) is 14.2. The van der Waals surface area contributed by atoms with Crippen LogP contribution in [0.25, 0.3) is 0 Å². The summed E-state index contributed by atoms with van der Waals surface area (Å²) in [5, 5.41) is 12.8. The maximum atomic E-state index is 13.9. The summed E-state index contributed by atoms with van der Waals surface area (Å²) in [7, 11) is 0. The Morgan fingerprint density at radius 3 is 2.17 bits per heavy atom. The molecule has 1 atom stereocenters. The number of benzene rings is 3. The van der Waals surface area contributed by atoms with E-state index in [4.69, 9.17) is 0 Å². The third-order valence-electron chi connectivity index (χ3n) is 7.05. The zero-order valence-electron chi connectivity index (χ0n) is 20.9. The standard InChI is InChI=1S/C32H34FNO2/c1-2-3-6-23-9-11-24(12-10-23)13-14-25-15-17-26(18-16-25)21-31(27-7-4-5-8-27)34-28-19-20-30(33)29(22-28)32(35)36/h9-12,15-20,22,27,31,34H,2-8,21H2,1H3,(H,35,36). The van der Waals surface area contributed by atoms with Crippen LogP contribution in [-0.4, -0.2) is 17.1 Å². The highest BCUT2D eigenvalue weighted by Crippen LogP contribution is 2.31. The van der Waals surface area contributed by atoms with Crippen LogP contribution in [0.4, 0.5) is 10.1 Å². The van der Waals surface area contributed by atoms with Crippen LogP contribution in [0.2, 0.25) is 0 Å². The van der Waals surface area contributed by atoms with Gasteiger partial charge >= 0.3 is 5.97 Å². The van der Waals surface area contributed by atoms with Crippen molar-refractivity contribution in [2.75, 3.05) is 5.32 Å². The topological polar surface area (TPSA) is 49.3 Å². The number of rotatable bonds is 9. The van der Waals surface area contributed by atoms with E-state index >= 15 is 0 Å². The van der Waals surface area contributed by atoms with Gasteiger partial charge in [0.05, 0.1) is 5.56 Å². The Balaban J connectivity index is 1.43. The van der Waals surface area contributed by atoms with Crippen molar-refractivity contribution in [3.63, 3.8) is 0 Å². The van der Waals surface area contributed by atoms with Crippen LogP contribution < -0.4 is 5.32 Å². The molecule has 36 heavy (non-hydrogen) atoms. The lowest BCUT2D eigenvalue weighted by Gasteiger charge is -2.26. The number of aryl methyl sites for hydroxylation is 1. The fraction of sp³-hybridized carbons (Fsp3) is 0.344. The van der Waals surface area contributed by atoms with E-state index in [0.717, 1.165) is 36.8 Å².